The van der Waals surface area contributed by atoms with Crippen molar-refractivity contribution in [2.24, 2.45) is 29.1 Å². The van der Waals surface area contributed by atoms with Crippen LogP contribution in [0, 0.1) is 29.1 Å². The van der Waals surface area contributed by atoms with E-state index in [0.29, 0.717) is 18.8 Å². The van der Waals surface area contributed by atoms with Gasteiger partial charge in [0.25, 0.3) is 0 Å². The van der Waals surface area contributed by atoms with E-state index in [1.807, 2.05) is 37.4 Å². The van der Waals surface area contributed by atoms with E-state index in [9.17, 15) is 14.7 Å². The Morgan fingerprint density at radius 2 is 1.89 bits per heavy atom. The lowest BCUT2D eigenvalue weighted by atomic mass is 9.51. The Morgan fingerprint density at radius 3 is 2.70 bits per heavy atom. The van der Waals surface area contributed by atoms with Crippen molar-refractivity contribution in [3.8, 4) is 0 Å². The molecule has 37 heavy (non-hydrogen) atoms. The van der Waals surface area contributed by atoms with Crippen molar-refractivity contribution in [2.45, 2.75) is 71.4 Å². The Balaban J connectivity index is 1.58. The number of aliphatic hydroxyl groups excluding tert-OH is 1. The highest BCUT2D eigenvalue weighted by molar-refractivity contribution is 6.09. The minimum absolute atomic E-state index is 0.0293. The number of H-pyrrole nitrogens is 1. The molecular formula is C32H40N2O3. The zero-order valence-electron chi connectivity index (χ0n) is 22.3. The Kier molecular flexibility index (Phi) is 7.01. The molecule has 5 nitrogen and oxygen atoms in total. The number of Topliss-reactive ketones (excluding diaryl/α,β-unsaturated/α-hetero) is 1. The standard InChI is InChI=1S/C32H40N2O3/c1-19-10-5-8-15-28(35)32-25(13-9-11-20(2)16-19)30(36)22(4)21(3)29(32)27(34-31(32)37)17-23-18-33-26-14-7-6-12-24(23)26/h6-7,9,12-14,16,18,20-21,25,27,29-30,33,36H,4-5,8,10-11,15,17H2,1-3H3,(H,34,37)/b13-9+,19-16+/t20-,21+,25-,27-,29-,30+,32+/m0/s1. The summed E-state index contributed by atoms with van der Waals surface area (Å²) in [5.41, 5.74) is 2.97. The van der Waals surface area contributed by atoms with Gasteiger partial charge in [0.05, 0.1) is 6.10 Å². The van der Waals surface area contributed by atoms with Crippen LogP contribution in [-0.2, 0) is 16.0 Å². The third kappa shape index (κ3) is 4.31. The number of carbonyl (C=O) groups excluding carboxylic acids is 2. The molecule has 3 N–H and O–H groups in total. The fourth-order valence-corrected chi connectivity index (χ4v) is 7.39. The molecule has 1 aromatic carbocycles. The first-order chi connectivity index (χ1) is 17.7. The number of aromatic amines is 1. The van der Waals surface area contributed by atoms with Gasteiger partial charge < -0.3 is 15.4 Å². The van der Waals surface area contributed by atoms with Crippen molar-refractivity contribution in [2.75, 3.05) is 0 Å². The Hall–Kier alpha value is -2.92. The summed E-state index contributed by atoms with van der Waals surface area (Å²) in [6.45, 7) is 10.7. The summed E-state index contributed by atoms with van der Waals surface area (Å²) < 4.78 is 0. The van der Waals surface area contributed by atoms with Crippen LogP contribution in [0.2, 0.25) is 0 Å². The minimum Gasteiger partial charge on any atom is -0.388 e. The molecule has 5 heteroatoms. The lowest BCUT2D eigenvalue weighted by molar-refractivity contribution is -0.151. The zero-order chi connectivity index (χ0) is 26.3. The molecule has 2 aliphatic carbocycles. The third-order valence-corrected chi connectivity index (χ3v) is 9.24. The third-order valence-electron chi connectivity index (χ3n) is 9.24. The number of benzene rings is 1. The quantitative estimate of drug-likeness (QED) is 0.367. The maximum absolute atomic E-state index is 14.2. The van der Waals surface area contributed by atoms with Crippen molar-refractivity contribution in [3.63, 3.8) is 0 Å². The van der Waals surface area contributed by atoms with Gasteiger partial charge in [0.1, 0.15) is 11.2 Å². The first kappa shape index (κ1) is 25.7. The molecule has 3 aliphatic rings. The Morgan fingerprint density at radius 1 is 1.14 bits per heavy atom. The van der Waals surface area contributed by atoms with Crippen LogP contribution in [0.25, 0.3) is 10.9 Å². The summed E-state index contributed by atoms with van der Waals surface area (Å²) in [5.74, 6) is -0.949. The normalized spacial score (nSPS) is 37.4. The molecule has 2 heterocycles. The van der Waals surface area contributed by atoms with Crippen LogP contribution in [0.1, 0.15) is 58.4 Å². The maximum atomic E-state index is 14.2. The fraction of sp³-hybridized carbons (Fsp3) is 0.500. The molecule has 0 bridgehead atoms. The van der Waals surface area contributed by atoms with Crippen molar-refractivity contribution in [1.29, 1.82) is 0 Å². The molecule has 2 fully saturated rings. The van der Waals surface area contributed by atoms with Gasteiger partial charge >= 0.3 is 0 Å². The van der Waals surface area contributed by atoms with Gasteiger partial charge in [0, 0.05) is 41.4 Å². The number of ketones is 1. The first-order valence-electron chi connectivity index (χ1n) is 13.8. The summed E-state index contributed by atoms with van der Waals surface area (Å²) in [5, 5.41) is 15.9. The number of aliphatic hydroxyl groups is 1. The average molecular weight is 501 g/mol. The predicted molar refractivity (Wildman–Crippen MR) is 148 cm³/mol. The monoisotopic (exact) mass is 500 g/mol. The lowest BCUT2D eigenvalue weighted by Gasteiger charge is -2.49. The van der Waals surface area contributed by atoms with Crippen LogP contribution in [0.15, 0.2) is 66.4 Å². The number of para-hydroxylation sites is 1. The van der Waals surface area contributed by atoms with Crippen LogP contribution < -0.4 is 5.32 Å². The number of aromatic nitrogens is 1. The highest BCUT2D eigenvalue weighted by atomic mass is 16.3. The van der Waals surface area contributed by atoms with Gasteiger partial charge in [-0.05, 0) is 68.1 Å². The van der Waals surface area contributed by atoms with Gasteiger partial charge in [0.15, 0.2) is 0 Å². The number of fused-ring (bicyclic) bond motifs is 1. The van der Waals surface area contributed by atoms with Crippen molar-refractivity contribution < 1.29 is 14.7 Å². The molecule has 1 spiro atoms. The van der Waals surface area contributed by atoms with E-state index in [2.05, 4.69) is 48.9 Å². The topological polar surface area (TPSA) is 82.2 Å². The molecule has 1 saturated carbocycles. The molecular weight excluding hydrogens is 460 g/mol. The van der Waals surface area contributed by atoms with Gasteiger partial charge in [-0.25, -0.2) is 0 Å². The molecule has 5 rings (SSSR count). The van der Waals surface area contributed by atoms with Gasteiger partial charge in [-0.15, -0.1) is 0 Å². The van der Waals surface area contributed by atoms with Gasteiger partial charge in [-0.3, -0.25) is 9.59 Å². The van der Waals surface area contributed by atoms with E-state index < -0.39 is 17.4 Å². The lowest BCUT2D eigenvalue weighted by Crippen LogP contribution is -2.58. The van der Waals surface area contributed by atoms with Crippen LogP contribution >= 0.6 is 0 Å². The van der Waals surface area contributed by atoms with E-state index in [-0.39, 0.29) is 29.6 Å². The van der Waals surface area contributed by atoms with Gasteiger partial charge in [0.2, 0.25) is 5.91 Å². The molecule has 1 saturated heterocycles. The Labute approximate surface area is 220 Å². The summed E-state index contributed by atoms with van der Waals surface area (Å²) in [7, 11) is 0. The highest BCUT2D eigenvalue weighted by Gasteiger charge is 2.68. The molecule has 196 valence electrons. The molecule has 1 aliphatic heterocycles. The molecule has 1 amide bonds. The highest BCUT2D eigenvalue weighted by Crippen LogP contribution is 2.57. The SMILES string of the molecule is C=C1[C@@H](C)[C@H]2[C@H](Cc3c[nH]c4ccccc34)NC(=O)[C@]23C(=O)CCCC/C(C)=C/[C@@H](C)C/C=C/[C@H]3[C@@H]1O. The van der Waals surface area contributed by atoms with Gasteiger partial charge in [-0.2, -0.15) is 0 Å². The molecule has 0 unspecified atom stereocenters. The second-order valence-electron chi connectivity index (χ2n) is 11.7. The fourth-order valence-electron chi connectivity index (χ4n) is 7.39. The number of amides is 1. The number of allylic oxidation sites excluding steroid dienone is 3. The zero-order valence-corrected chi connectivity index (χ0v) is 22.3. The van der Waals surface area contributed by atoms with Crippen LogP contribution in [0.4, 0.5) is 0 Å². The summed E-state index contributed by atoms with van der Waals surface area (Å²) >= 11 is 0. The molecule has 7 atom stereocenters. The van der Waals surface area contributed by atoms with Crippen molar-refractivity contribution in [1.82, 2.24) is 10.3 Å². The molecule has 2 aromatic rings. The van der Waals surface area contributed by atoms with Crippen LogP contribution in [-0.4, -0.2) is 33.9 Å². The van der Waals surface area contributed by atoms with Crippen LogP contribution in [0.3, 0.4) is 0 Å². The number of hydrogen-bond donors (Lipinski definition) is 3. The summed E-state index contributed by atoms with van der Waals surface area (Å²) in [6, 6.07) is 7.95. The second kappa shape index (κ2) is 10.1. The number of hydrogen-bond acceptors (Lipinski definition) is 3. The van der Waals surface area contributed by atoms with Crippen LogP contribution in [0.5, 0.6) is 0 Å². The van der Waals surface area contributed by atoms with E-state index in [0.717, 1.165) is 47.7 Å². The number of carbonyl (C=O) groups is 2. The van der Waals surface area contributed by atoms with Crippen molar-refractivity contribution >= 4 is 22.6 Å². The number of nitrogens with one attached hydrogen (secondary N) is 2. The van der Waals surface area contributed by atoms with Gasteiger partial charge in [-0.1, -0.05) is 62.4 Å². The Bertz CT molecular complexity index is 1270. The first-order valence-corrected chi connectivity index (χ1v) is 13.8. The predicted octanol–water partition coefficient (Wildman–Crippen LogP) is 5.67. The van der Waals surface area contributed by atoms with E-state index in [1.54, 1.807) is 0 Å². The van der Waals surface area contributed by atoms with E-state index in [4.69, 9.17) is 0 Å². The molecule has 1 aromatic heterocycles. The molecule has 0 radical (unpaired) electrons. The average Bonchev–Trinajstić information content (AvgIpc) is 3.41. The second-order valence-corrected chi connectivity index (χ2v) is 11.7. The maximum Gasteiger partial charge on any atom is 0.235 e. The number of rotatable bonds is 2. The summed E-state index contributed by atoms with van der Waals surface area (Å²) in [6.07, 6.45) is 11.8. The van der Waals surface area contributed by atoms with Crippen molar-refractivity contribution in [3.05, 3.63) is 72.0 Å². The minimum atomic E-state index is -1.28. The smallest absolute Gasteiger partial charge is 0.235 e. The van der Waals surface area contributed by atoms with E-state index in [1.165, 1.54) is 5.57 Å². The van der Waals surface area contributed by atoms with E-state index >= 15 is 0 Å². The largest absolute Gasteiger partial charge is 0.388 e. The summed E-state index contributed by atoms with van der Waals surface area (Å²) in [4.78, 5) is 31.6.